The van der Waals surface area contributed by atoms with Crippen LogP contribution in [0.2, 0.25) is 5.02 Å². The minimum atomic E-state index is -1.55. The lowest BCUT2D eigenvalue weighted by molar-refractivity contribution is -0.160. The second kappa shape index (κ2) is 6.40. The molecule has 0 saturated heterocycles. The molecule has 2 rings (SSSR count). The van der Waals surface area contributed by atoms with Crippen LogP contribution in [0.4, 0.5) is 5.69 Å². The highest BCUT2D eigenvalue weighted by molar-refractivity contribution is 6.31. The second-order valence-electron chi connectivity index (χ2n) is 4.82. The highest BCUT2D eigenvalue weighted by Gasteiger charge is 2.56. The number of carbonyl (C=O) groups excluding carboxylic acids is 2. The Morgan fingerprint density at radius 3 is 2.82 bits per heavy atom. The average Bonchev–Trinajstić information content (AvgIpc) is 2.48. The van der Waals surface area contributed by atoms with Crippen LogP contribution in [0.15, 0.2) is 30.9 Å². The van der Waals surface area contributed by atoms with E-state index in [9.17, 15) is 9.59 Å². The molecule has 0 unspecified atom stereocenters. The summed E-state index contributed by atoms with van der Waals surface area (Å²) in [6.07, 6.45) is 1.61. The first-order valence-corrected chi connectivity index (χ1v) is 7.46. The quantitative estimate of drug-likeness (QED) is 0.361. The van der Waals surface area contributed by atoms with Crippen molar-refractivity contribution in [1.82, 2.24) is 0 Å². The molecule has 1 aliphatic heterocycles. The molecule has 5 nitrogen and oxygen atoms in total. The van der Waals surface area contributed by atoms with Crippen LogP contribution in [0.3, 0.4) is 0 Å². The van der Waals surface area contributed by atoms with Crippen LogP contribution in [0, 0.1) is 0 Å². The summed E-state index contributed by atoms with van der Waals surface area (Å²) in [6, 6.07) is 4.97. The Kier molecular flexibility index (Phi) is 4.76. The normalized spacial score (nSPS) is 20.1. The van der Waals surface area contributed by atoms with Gasteiger partial charge in [0.25, 0.3) is 0 Å². The molecule has 0 radical (unpaired) electrons. The zero-order valence-corrected chi connectivity index (χ0v) is 13.4. The monoisotopic (exact) mass is 323 g/mol. The van der Waals surface area contributed by atoms with Crippen molar-refractivity contribution in [3.63, 3.8) is 0 Å². The van der Waals surface area contributed by atoms with Gasteiger partial charge in [-0.2, -0.15) is 0 Å². The van der Waals surface area contributed by atoms with Crippen molar-refractivity contribution in [3.05, 3.63) is 35.9 Å². The van der Waals surface area contributed by atoms with E-state index in [0.29, 0.717) is 23.0 Å². The van der Waals surface area contributed by atoms with E-state index in [1.165, 1.54) is 6.08 Å². The fourth-order valence-corrected chi connectivity index (χ4v) is 2.82. The lowest BCUT2D eigenvalue weighted by atomic mass is 9.90. The van der Waals surface area contributed by atoms with Crippen LogP contribution >= 0.6 is 11.6 Å². The summed E-state index contributed by atoms with van der Waals surface area (Å²) < 4.78 is 10.5. The van der Waals surface area contributed by atoms with E-state index in [1.807, 2.05) is 6.92 Å². The Morgan fingerprint density at radius 2 is 2.23 bits per heavy atom. The van der Waals surface area contributed by atoms with Gasteiger partial charge in [-0.25, -0.2) is 9.59 Å². The lowest BCUT2D eigenvalue weighted by Crippen LogP contribution is -2.64. The van der Waals surface area contributed by atoms with E-state index < -0.39 is 17.5 Å². The lowest BCUT2D eigenvalue weighted by Gasteiger charge is -2.43. The third kappa shape index (κ3) is 2.46. The van der Waals surface area contributed by atoms with Crippen LogP contribution in [0.1, 0.15) is 20.3 Å². The molecule has 0 fully saturated rings. The van der Waals surface area contributed by atoms with Crippen molar-refractivity contribution in [1.29, 1.82) is 0 Å². The summed E-state index contributed by atoms with van der Waals surface area (Å²) in [5.41, 5.74) is -0.922. The van der Waals surface area contributed by atoms with Gasteiger partial charge in [0.2, 0.25) is 5.54 Å². The van der Waals surface area contributed by atoms with Crippen molar-refractivity contribution >= 4 is 29.2 Å². The Morgan fingerprint density at radius 1 is 1.50 bits per heavy atom. The van der Waals surface area contributed by atoms with Crippen LogP contribution in [0.5, 0.6) is 5.75 Å². The molecule has 1 atom stereocenters. The standard InChI is InChI=1S/C16H18ClNO4/c1-4-9-16(14(19)21-6-3)15(20)22-13-10-11(17)7-8-12(13)18(16)5-2/h4,7-8,10H,1,5-6,9H2,2-3H3/t16-/m1/s1. The summed E-state index contributed by atoms with van der Waals surface area (Å²) >= 11 is 5.94. The summed E-state index contributed by atoms with van der Waals surface area (Å²) in [5, 5.41) is 0.454. The Balaban J connectivity index is 2.61. The van der Waals surface area contributed by atoms with E-state index in [1.54, 1.807) is 30.0 Å². The van der Waals surface area contributed by atoms with Crippen molar-refractivity contribution in [2.45, 2.75) is 25.8 Å². The number of rotatable bonds is 5. The highest BCUT2D eigenvalue weighted by atomic mass is 35.5. The molecule has 1 heterocycles. The minimum absolute atomic E-state index is 0.0978. The maximum Gasteiger partial charge on any atom is 0.349 e. The van der Waals surface area contributed by atoms with Crippen molar-refractivity contribution in [2.75, 3.05) is 18.1 Å². The van der Waals surface area contributed by atoms with Gasteiger partial charge in [-0.05, 0) is 26.0 Å². The van der Waals surface area contributed by atoms with Crippen molar-refractivity contribution in [3.8, 4) is 5.75 Å². The summed E-state index contributed by atoms with van der Waals surface area (Å²) in [4.78, 5) is 26.8. The van der Waals surface area contributed by atoms with Gasteiger partial charge in [0.1, 0.15) is 0 Å². The van der Waals surface area contributed by atoms with E-state index >= 15 is 0 Å². The zero-order valence-electron chi connectivity index (χ0n) is 12.6. The van der Waals surface area contributed by atoms with Crippen LogP contribution in [-0.4, -0.2) is 30.6 Å². The number of anilines is 1. The van der Waals surface area contributed by atoms with Gasteiger partial charge >= 0.3 is 11.9 Å². The van der Waals surface area contributed by atoms with Gasteiger partial charge in [-0.15, -0.1) is 6.58 Å². The molecule has 0 aromatic heterocycles. The summed E-state index contributed by atoms with van der Waals surface area (Å²) in [6.45, 7) is 7.80. The highest BCUT2D eigenvalue weighted by Crippen LogP contribution is 2.42. The fraction of sp³-hybridized carbons (Fsp3) is 0.375. The molecule has 118 valence electrons. The van der Waals surface area contributed by atoms with Gasteiger partial charge in [-0.1, -0.05) is 17.7 Å². The van der Waals surface area contributed by atoms with Gasteiger partial charge in [0.05, 0.1) is 12.3 Å². The number of hydrogen-bond donors (Lipinski definition) is 0. The van der Waals surface area contributed by atoms with Crippen molar-refractivity contribution in [2.24, 2.45) is 0 Å². The second-order valence-corrected chi connectivity index (χ2v) is 5.26. The molecule has 0 saturated carbocycles. The molecular formula is C16H18ClNO4. The van der Waals surface area contributed by atoms with Gasteiger partial charge in [0, 0.05) is 24.1 Å². The van der Waals surface area contributed by atoms with Gasteiger partial charge in [-0.3, -0.25) is 0 Å². The van der Waals surface area contributed by atoms with Crippen LogP contribution in [0.25, 0.3) is 0 Å². The molecule has 0 aliphatic carbocycles. The minimum Gasteiger partial charge on any atom is -0.464 e. The smallest absolute Gasteiger partial charge is 0.349 e. The number of esters is 2. The fourth-order valence-electron chi connectivity index (χ4n) is 2.66. The maximum atomic E-state index is 12.6. The third-order valence-electron chi connectivity index (χ3n) is 3.58. The number of hydrogen-bond acceptors (Lipinski definition) is 5. The molecular weight excluding hydrogens is 306 g/mol. The zero-order chi connectivity index (χ0) is 16.3. The third-order valence-corrected chi connectivity index (χ3v) is 3.82. The van der Waals surface area contributed by atoms with E-state index in [-0.39, 0.29) is 13.0 Å². The predicted molar refractivity (Wildman–Crippen MR) is 84.3 cm³/mol. The van der Waals surface area contributed by atoms with E-state index in [4.69, 9.17) is 21.1 Å². The number of halogens is 1. The topological polar surface area (TPSA) is 55.8 Å². The molecule has 1 aromatic rings. The summed E-state index contributed by atoms with van der Waals surface area (Å²) in [5.74, 6) is -0.979. The number of carbonyl (C=O) groups is 2. The van der Waals surface area contributed by atoms with Crippen LogP contribution < -0.4 is 9.64 Å². The van der Waals surface area contributed by atoms with Crippen molar-refractivity contribution < 1.29 is 19.1 Å². The predicted octanol–water partition coefficient (Wildman–Crippen LogP) is 2.96. The molecule has 0 bridgehead atoms. The van der Waals surface area contributed by atoms with E-state index in [0.717, 1.165) is 0 Å². The molecule has 0 amide bonds. The average molecular weight is 324 g/mol. The number of nitrogens with zero attached hydrogens (tertiary/aromatic N) is 1. The number of ether oxygens (including phenoxy) is 2. The molecule has 6 heteroatoms. The SMILES string of the molecule is C=CC[C@@]1(C(=O)OCC)C(=O)Oc2cc(Cl)ccc2N1CC. The largest absolute Gasteiger partial charge is 0.464 e. The molecule has 1 aromatic carbocycles. The van der Waals surface area contributed by atoms with Gasteiger partial charge < -0.3 is 14.4 Å². The number of benzene rings is 1. The molecule has 0 N–H and O–H groups in total. The van der Waals surface area contributed by atoms with E-state index in [2.05, 4.69) is 6.58 Å². The Hall–Kier alpha value is -2.01. The Labute approximate surface area is 134 Å². The summed E-state index contributed by atoms with van der Waals surface area (Å²) in [7, 11) is 0. The van der Waals surface area contributed by atoms with Gasteiger partial charge in [0.15, 0.2) is 5.75 Å². The number of fused-ring (bicyclic) bond motifs is 1. The first-order chi connectivity index (χ1) is 10.5. The number of likely N-dealkylation sites (N-methyl/N-ethyl adjacent to an activating group) is 1. The van der Waals surface area contributed by atoms with Crippen LogP contribution in [-0.2, 0) is 14.3 Å². The Bertz CT molecular complexity index is 616. The molecule has 1 aliphatic rings. The molecule has 22 heavy (non-hydrogen) atoms. The molecule has 0 spiro atoms. The first-order valence-electron chi connectivity index (χ1n) is 7.08. The first kappa shape index (κ1) is 16.4. The maximum absolute atomic E-state index is 12.6.